The van der Waals surface area contributed by atoms with Gasteiger partial charge in [0, 0.05) is 18.4 Å². The first-order valence-corrected chi connectivity index (χ1v) is 13.1. The van der Waals surface area contributed by atoms with Crippen molar-refractivity contribution < 1.29 is 31.9 Å². The van der Waals surface area contributed by atoms with Crippen LogP contribution in [0.3, 0.4) is 0 Å². The summed E-state index contributed by atoms with van der Waals surface area (Å²) < 4.78 is 58.6. The number of hydrogen-bond acceptors (Lipinski definition) is 3. The van der Waals surface area contributed by atoms with Gasteiger partial charge in [0.25, 0.3) is 0 Å². The van der Waals surface area contributed by atoms with Crippen LogP contribution in [0.4, 0.5) is 17.6 Å². The molecule has 0 aromatic heterocycles. The van der Waals surface area contributed by atoms with Crippen molar-refractivity contribution in [1.82, 2.24) is 5.32 Å². The molecule has 4 nitrogen and oxygen atoms in total. The zero-order valence-corrected chi connectivity index (χ0v) is 21.3. The summed E-state index contributed by atoms with van der Waals surface area (Å²) in [5.41, 5.74) is 2.91. The van der Waals surface area contributed by atoms with Crippen molar-refractivity contribution in [3.8, 4) is 5.75 Å². The molecule has 200 valence electrons. The van der Waals surface area contributed by atoms with E-state index in [2.05, 4.69) is 29.6 Å². The molecule has 2 rings (SSSR count). The summed E-state index contributed by atoms with van der Waals surface area (Å²) in [5.74, 6) is -9.83. The van der Waals surface area contributed by atoms with E-state index in [0.29, 0.717) is 5.70 Å². The average molecular weight is 512 g/mol. The van der Waals surface area contributed by atoms with Crippen LogP contribution in [0.1, 0.15) is 104 Å². The molecule has 1 aromatic carbocycles. The maximum absolute atomic E-state index is 13.7. The molecule has 1 N–H and O–H groups in total. The van der Waals surface area contributed by atoms with Gasteiger partial charge < -0.3 is 10.1 Å². The number of halogens is 4. The Hall–Kier alpha value is -2.60. The predicted octanol–water partition coefficient (Wildman–Crippen LogP) is 7.80. The molecule has 0 saturated carbocycles. The number of carbonyl (C=O) groups excluding carboxylic acids is 2. The van der Waals surface area contributed by atoms with Crippen molar-refractivity contribution in [2.24, 2.45) is 5.92 Å². The van der Waals surface area contributed by atoms with Gasteiger partial charge in [0.1, 0.15) is 0 Å². The molecule has 0 spiro atoms. The number of rotatable bonds is 17. The van der Waals surface area contributed by atoms with Crippen molar-refractivity contribution >= 4 is 11.9 Å². The summed E-state index contributed by atoms with van der Waals surface area (Å²) in [7, 11) is 0. The van der Waals surface area contributed by atoms with Gasteiger partial charge in [-0.3, -0.25) is 4.79 Å². The smallest absolute Gasteiger partial charge is 0.347 e. The van der Waals surface area contributed by atoms with Gasteiger partial charge >= 0.3 is 5.97 Å². The Morgan fingerprint density at radius 1 is 0.861 bits per heavy atom. The molecule has 1 amide bonds. The van der Waals surface area contributed by atoms with E-state index in [1.54, 1.807) is 0 Å². The first-order chi connectivity index (χ1) is 17.3. The normalized spacial score (nSPS) is 13.5. The molecule has 36 heavy (non-hydrogen) atoms. The minimum Gasteiger partial charge on any atom is -0.416 e. The van der Waals surface area contributed by atoms with Gasteiger partial charge in [-0.2, -0.15) is 8.78 Å². The van der Waals surface area contributed by atoms with Crippen LogP contribution in [0.5, 0.6) is 5.75 Å². The molecular formula is C28H37F4NO3. The quantitative estimate of drug-likeness (QED) is 0.0580. The molecule has 0 bridgehead atoms. The second-order valence-electron chi connectivity index (χ2n) is 9.39. The molecule has 8 heteroatoms. The monoisotopic (exact) mass is 511 g/mol. The highest BCUT2D eigenvalue weighted by Gasteiger charge is 2.28. The SMILES string of the molecule is CCCCCCCCCC(CCCCCC)C(=O)NC1=C=C(C(=O)Oc2c(F)c(F)cc(F)c2F)C1. The van der Waals surface area contributed by atoms with E-state index in [9.17, 15) is 27.2 Å². The van der Waals surface area contributed by atoms with E-state index in [4.69, 9.17) is 0 Å². The maximum atomic E-state index is 13.7. The van der Waals surface area contributed by atoms with Crippen LogP contribution >= 0.6 is 0 Å². The molecule has 1 aromatic rings. The predicted molar refractivity (Wildman–Crippen MR) is 130 cm³/mol. The molecule has 0 radical (unpaired) electrons. The van der Waals surface area contributed by atoms with Crippen LogP contribution in [0.2, 0.25) is 0 Å². The van der Waals surface area contributed by atoms with Crippen LogP contribution < -0.4 is 10.1 Å². The number of hydrogen-bond donors (Lipinski definition) is 1. The number of unbranched alkanes of at least 4 members (excludes halogenated alkanes) is 9. The topological polar surface area (TPSA) is 55.4 Å². The average Bonchev–Trinajstić information content (AvgIpc) is 2.82. The minimum atomic E-state index is -1.80. The molecule has 0 saturated heterocycles. The maximum Gasteiger partial charge on any atom is 0.347 e. The Labute approximate surface area is 211 Å². The Morgan fingerprint density at radius 3 is 1.86 bits per heavy atom. The van der Waals surface area contributed by atoms with Crippen LogP contribution in [0.15, 0.2) is 23.1 Å². The van der Waals surface area contributed by atoms with Crippen molar-refractivity contribution in [3.05, 3.63) is 46.3 Å². The van der Waals surface area contributed by atoms with Crippen LogP contribution in [0, 0.1) is 29.2 Å². The van der Waals surface area contributed by atoms with Crippen LogP contribution in [-0.2, 0) is 9.59 Å². The zero-order valence-electron chi connectivity index (χ0n) is 21.3. The lowest BCUT2D eigenvalue weighted by molar-refractivity contribution is -0.131. The third kappa shape index (κ3) is 9.12. The fourth-order valence-corrected chi connectivity index (χ4v) is 4.16. The molecular weight excluding hydrogens is 474 g/mol. The summed E-state index contributed by atoms with van der Waals surface area (Å²) in [6.45, 7) is 4.32. The third-order valence-electron chi connectivity index (χ3n) is 6.38. The second kappa shape index (κ2) is 15.5. The van der Waals surface area contributed by atoms with Gasteiger partial charge in [-0.05, 0) is 12.8 Å². The van der Waals surface area contributed by atoms with E-state index in [-0.39, 0.29) is 29.9 Å². The molecule has 1 aliphatic rings. The molecule has 0 heterocycles. The first kappa shape index (κ1) is 29.6. The highest BCUT2D eigenvalue weighted by atomic mass is 19.2. The van der Waals surface area contributed by atoms with Gasteiger partial charge in [0.05, 0.1) is 11.3 Å². The highest BCUT2D eigenvalue weighted by molar-refractivity contribution is 5.93. The summed E-state index contributed by atoms with van der Waals surface area (Å²) in [5, 5.41) is 2.79. The Morgan fingerprint density at radius 2 is 1.33 bits per heavy atom. The van der Waals surface area contributed by atoms with Crippen molar-refractivity contribution in [2.75, 3.05) is 0 Å². The number of carbonyl (C=O) groups is 2. The number of esters is 1. The van der Waals surface area contributed by atoms with Crippen molar-refractivity contribution in [3.63, 3.8) is 0 Å². The summed E-state index contributed by atoms with van der Waals surface area (Å²) in [4.78, 5) is 25.0. The number of benzene rings is 1. The molecule has 1 aliphatic carbocycles. The van der Waals surface area contributed by atoms with Gasteiger partial charge in [-0.25, -0.2) is 13.6 Å². The minimum absolute atomic E-state index is 0.0222. The number of amides is 1. The summed E-state index contributed by atoms with van der Waals surface area (Å²) in [6, 6.07) is 0.0310. The van der Waals surface area contributed by atoms with Gasteiger partial charge in [0.15, 0.2) is 11.6 Å². The van der Waals surface area contributed by atoms with Crippen molar-refractivity contribution in [2.45, 2.75) is 104 Å². The second-order valence-corrected chi connectivity index (χ2v) is 9.39. The fraction of sp³-hybridized carbons (Fsp3) is 0.607. The fourth-order valence-electron chi connectivity index (χ4n) is 4.16. The van der Waals surface area contributed by atoms with E-state index < -0.39 is 35.0 Å². The van der Waals surface area contributed by atoms with E-state index in [0.717, 1.165) is 51.4 Å². The van der Waals surface area contributed by atoms with Gasteiger partial charge in [-0.1, -0.05) is 90.2 Å². The van der Waals surface area contributed by atoms with E-state index >= 15 is 0 Å². The van der Waals surface area contributed by atoms with Gasteiger partial charge in [-0.15, -0.1) is 0 Å². The number of nitrogens with one attached hydrogen (secondary N) is 1. The number of ether oxygens (including phenoxy) is 1. The molecule has 1 atom stereocenters. The summed E-state index contributed by atoms with van der Waals surface area (Å²) >= 11 is 0. The summed E-state index contributed by atoms with van der Waals surface area (Å²) in [6.07, 6.45) is 14.0. The standard InChI is InChI=1S/C28H37F4NO3/c1-3-5-7-9-10-11-13-15-19(14-12-8-6-4-2)27(34)33-21-16-20(17-21)28(35)36-26-24(31)22(29)18-23(30)25(26)32/h18-19H,3-16H2,1-2H3,(H,33,34). The zero-order chi connectivity index (χ0) is 26.5. The lowest BCUT2D eigenvalue weighted by Gasteiger charge is -2.20. The van der Waals surface area contributed by atoms with Crippen LogP contribution in [-0.4, -0.2) is 11.9 Å². The Kier molecular flexibility index (Phi) is 12.8. The van der Waals surface area contributed by atoms with E-state index in [1.807, 2.05) is 0 Å². The van der Waals surface area contributed by atoms with Crippen LogP contribution in [0.25, 0.3) is 0 Å². The largest absolute Gasteiger partial charge is 0.416 e. The lowest BCUT2D eigenvalue weighted by Crippen LogP contribution is -2.33. The highest BCUT2D eigenvalue weighted by Crippen LogP contribution is 2.29. The Balaban J connectivity index is 1.93. The van der Waals surface area contributed by atoms with Crippen molar-refractivity contribution in [1.29, 1.82) is 0 Å². The van der Waals surface area contributed by atoms with E-state index in [1.165, 1.54) is 32.1 Å². The molecule has 0 aliphatic heterocycles. The van der Waals surface area contributed by atoms with Gasteiger partial charge in [0.2, 0.25) is 23.3 Å². The third-order valence-corrected chi connectivity index (χ3v) is 6.38. The Bertz CT molecular complexity index is 944. The molecule has 1 unspecified atom stereocenters. The lowest BCUT2D eigenvalue weighted by atomic mass is 9.92. The molecule has 0 fully saturated rings. The first-order valence-electron chi connectivity index (χ1n) is 13.1.